The van der Waals surface area contributed by atoms with Crippen LogP contribution in [-0.4, -0.2) is 227 Å². The van der Waals surface area contributed by atoms with E-state index in [9.17, 15) is 76.7 Å². The van der Waals surface area contributed by atoms with Crippen LogP contribution in [-0.2, 0) is 143 Å². The molecule has 0 aliphatic carbocycles. The largest absolute Gasteiger partial charge is 0.467 e. The van der Waals surface area contributed by atoms with Gasteiger partial charge >= 0.3 is 54.1 Å². The molecule has 0 bridgehead atoms. The number of fused-ring (bicyclic) bond motifs is 5. The lowest BCUT2D eigenvalue weighted by molar-refractivity contribution is -0.282. The fourth-order valence-electron chi connectivity index (χ4n) is 13.7. The second kappa shape index (κ2) is 39.6. The third kappa shape index (κ3) is 22.5. The fourth-order valence-corrected chi connectivity index (χ4v) is 13.7. The number of carbonyl (C=O) groups is 15. The zero-order chi connectivity index (χ0) is 87.9. The molecule has 1 saturated heterocycles. The molecule has 6 heterocycles. The van der Waals surface area contributed by atoms with Crippen molar-refractivity contribution in [1.29, 1.82) is 0 Å². The number of hydrogen-bond acceptors (Lipinski definition) is 28. The minimum Gasteiger partial charge on any atom is -0.467 e. The van der Waals surface area contributed by atoms with Gasteiger partial charge < -0.3 is 92.6 Å². The quantitative estimate of drug-likeness (QED) is 0.0221. The van der Waals surface area contributed by atoms with Crippen molar-refractivity contribution in [2.45, 2.75) is 208 Å². The highest BCUT2D eigenvalue weighted by atomic mass is 16.7. The van der Waals surface area contributed by atoms with E-state index in [1.54, 1.807) is 76.8 Å². The van der Waals surface area contributed by atoms with Gasteiger partial charge in [0, 0.05) is 101 Å². The van der Waals surface area contributed by atoms with Crippen molar-refractivity contribution in [2.24, 2.45) is 5.92 Å². The van der Waals surface area contributed by atoms with Crippen LogP contribution in [0.1, 0.15) is 142 Å². The van der Waals surface area contributed by atoms with Gasteiger partial charge in [-0.15, -0.1) is 0 Å². The number of rotatable bonds is 33. The van der Waals surface area contributed by atoms with Gasteiger partial charge in [-0.1, -0.05) is 63.2 Å². The summed E-state index contributed by atoms with van der Waals surface area (Å²) in [4.78, 5) is 221. The monoisotopic (exact) mass is 1670 g/mol. The molecule has 37 nitrogen and oxygen atoms in total. The maximum Gasteiger partial charge on any atom is 0.411 e. The number of imide groups is 1. The number of pyridine rings is 2. The normalized spacial score (nSPS) is 18.4. The van der Waals surface area contributed by atoms with Gasteiger partial charge in [0.05, 0.1) is 36.1 Å². The zero-order valence-electron chi connectivity index (χ0n) is 69.3. The summed E-state index contributed by atoms with van der Waals surface area (Å²) in [5.41, 5.74) is 0.944. The Bertz CT molecular complexity index is 4850. The molecule has 3 aromatic carbocycles. The molecule has 4 N–H and O–H groups in total. The molecule has 9 rings (SSSR count). The van der Waals surface area contributed by atoms with Crippen LogP contribution >= 0.6 is 0 Å². The number of nitrogens with one attached hydrogen (secondary N) is 4. The minimum absolute atomic E-state index is 0.0513. The Morgan fingerprint density at radius 3 is 1.89 bits per heavy atom. The third-order valence-electron chi connectivity index (χ3n) is 19.9. The van der Waals surface area contributed by atoms with E-state index < -0.39 is 174 Å². The highest BCUT2D eigenvalue weighted by molar-refractivity contribution is 6.14. The number of aromatic nitrogens is 2. The van der Waals surface area contributed by atoms with Gasteiger partial charge in [-0.05, 0) is 126 Å². The Balaban J connectivity index is 0.790. The Morgan fingerprint density at radius 1 is 0.692 bits per heavy atom. The molecule has 9 atom stereocenters. The van der Waals surface area contributed by atoms with Gasteiger partial charge in [0.15, 0.2) is 18.3 Å². The summed E-state index contributed by atoms with van der Waals surface area (Å²) >= 11 is 0. The number of amides is 9. The van der Waals surface area contributed by atoms with Gasteiger partial charge in [0.25, 0.3) is 17.4 Å². The molecule has 0 saturated carbocycles. The molecule has 0 spiro atoms. The molecule has 4 aliphatic rings. The second-order valence-corrected chi connectivity index (χ2v) is 30.6. The predicted octanol–water partition coefficient (Wildman–Crippen LogP) is 5.59. The van der Waals surface area contributed by atoms with Crippen LogP contribution in [0.5, 0.6) is 5.75 Å². The number of anilines is 1. The van der Waals surface area contributed by atoms with E-state index in [1.165, 1.54) is 54.8 Å². The van der Waals surface area contributed by atoms with Gasteiger partial charge in [0.2, 0.25) is 41.6 Å². The Kier molecular flexibility index (Phi) is 30.1. The van der Waals surface area contributed by atoms with E-state index in [2.05, 4.69) is 21.3 Å². The van der Waals surface area contributed by atoms with Gasteiger partial charge in [-0.3, -0.25) is 57.6 Å². The van der Waals surface area contributed by atoms with Crippen LogP contribution in [0.4, 0.5) is 20.1 Å². The lowest BCUT2D eigenvalue weighted by atomic mass is 9.85. The first kappa shape index (κ1) is 91.1. The number of nitrogens with zero attached hydrogens (tertiary/aromatic N) is 6. The number of esters is 6. The Morgan fingerprint density at radius 2 is 1.29 bits per heavy atom. The van der Waals surface area contributed by atoms with Crippen LogP contribution in [0.2, 0.25) is 0 Å². The number of ether oxygens (including phenoxy) is 11. The third-order valence-corrected chi connectivity index (χ3v) is 19.9. The summed E-state index contributed by atoms with van der Waals surface area (Å²) in [5.74, 6) is -9.98. The van der Waals surface area contributed by atoms with Crippen molar-refractivity contribution < 1.29 is 124 Å². The average molecular weight is 1670 g/mol. The average Bonchev–Trinajstić information content (AvgIpc) is 1.58. The van der Waals surface area contributed by atoms with Crippen LogP contribution < -0.4 is 31.6 Å². The molecule has 0 unspecified atom stereocenters. The highest BCUT2D eigenvalue weighted by Gasteiger charge is 2.56. The minimum atomic E-state index is -2.11. The number of cyclic esters (lactones) is 1. The first-order valence-corrected chi connectivity index (χ1v) is 38.9. The molecular weight excluding hydrogens is 1570 g/mol. The predicted molar refractivity (Wildman–Crippen MR) is 421 cm³/mol. The zero-order valence-corrected chi connectivity index (χ0v) is 69.3. The van der Waals surface area contributed by atoms with Crippen LogP contribution in [0.25, 0.3) is 22.3 Å². The first-order chi connectivity index (χ1) is 56.7. The second-order valence-electron chi connectivity index (χ2n) is 30.6. The number of para-hydroxylation sites is 1. The summed E-state index contributed by atoms with van der Waals surface area (Å²) < 4.78 is 62.9. The fraction of sp³-hybridized carbons (Fsp3) is 0.482. The number of carbonyl (C=O) groups excluding carboxylic acids is 15. The van der Waals surface area contributed by atoms with Crippen molar-refractivity contribution in [1.82, 2.24) is 45.1 Å². The topological polar surface area (TPSA) is 454 Å². The Hall–Kier alpha value is -12.8. The molecule has 2 aromatic heterocycles. The van der Waals surface area contributed by atoms with E-state index in [4.69, 9.17) is 57.1 Å². The molecular formula is C83H100N10O27. The van der Waals surface area contributed by atoms with Crippen molar-refractivity contribution in [3.8, 4) is 17.1 Å². The van der Waals surface area contributed by atoms with Crippen molar-refractivity contribution in [2.75, 3.05) is 52.7 Å². The summed E-state index contributed by atoms with van der Waals surface area (Å²) in [6.07, 6.45) is -8.50. The van der Waals surface area contributed by atoms with Crippen molar-refractivity contribution in [3.05, 3.63) is 135 Å². The van der Waals surface area contributed by atoms with Crippen LogP contribution in [0.3, 0.4) is 0 Å². The lowest BCUT2D eigenvalue weighted by Crippen LogP contribution is -2.64. The van der Waals surface area contributed by atoms with E-state index in [1.807, 2.05) is 38.1 Å². The number of benzene rings is 3. The van der Waals surface area contributed by atoms with Crippen molar-refractivity contribution >= 4 is 106 Å². The van der Waals surface area contributed by atoms with Gasteiger partial charge in [0.1, 0.15) is 55.8 Å². The maximum atomic E-state index is 14.8. The number of likely N-dealkylation sites (N-methyl/N-ethyl adjacent to an activating group) is 2. The number of methoxy groups -OCH3 is 1. The van der Waals surface area contributed by atoms with Crippen LogP contribution in [0, 0.1) is 5.92 Å². The molecule has 9 amide bonds. The first-order valence-electron chi connectivity index (χ1n) is 38.9. The maximum absolute atomic E-state index is 14.8. The van der Waals surface area contributed by atoms with Crippen molar-refractivity contribution in [3.63, 3.8) is 0 Å². The summed E-state index contributed by atoms with van der Waals surface area (Å²) in [6, 6.07) is 17.3. The molecule has 0 radical (unpaired) electrons. The Labute approximate surface area is 690 Å². The van der Waals surface area contributed by atoms with Crippen LogP contribution in [0.15, 0.2) is 95.8 Å². The highest BCUT2D eigenvalue weighted by Crippen LogP contribution is 2.43. The lowest BCUT2D eigenvalue weighted by Gasteiger charge is -2.43. The van der Waals surface area contributed by atoms with Gasteiger partial charge in [-0.25, -0.2) is 29.0 Å². The smallest absolute Gasteiger partial charge is 0.411 e. The molecule has 644 valence electrons. The molecule has 120 heavy (non-hydrogen) atoms. The van der Waals surface area contributed by atoms with E-state index in [-0.39, 0.29) is 94.4 Å². The molecule has 1 fully saturated rings. The summed E-state index contributed by atoms with van der Waals surface area (Å²) in [5, 5.41) is 11.3. The number of hydrogen-bond donors (Lipinski definition) is 4. The van der Waals surface area contributed by atoms with E-state index in [0.717, 1.165) is 55.9 Å². The standard InChI is InChI=1S/C83H100N10O27/c1-16-83(120-80(108)90(14)37-36-89(13)79(107)112-41-51-26-30-53(31-27-51)117-77-71(116-49(9)96)69(115-48(8)95)68(114-47(7)94)70(118-77)76(105)110-15)58-38-61-67-56(39-92(61)75(104)57(58)43-111-78(83)106)54(55-20-17-18-21-59(55)87-67)34-35-91(45(4)5)81(109)113-42-50-24-28-52(29-25-50)85-72(101)46(6)84-74(103)66(44(2)3)88-73(102)60(22-19-23-65(100)119-82(10,11)12)86-62(97)40-93-63(98)32-33-64(93)99/h17-18,20-21,24-33,38,44-46,60,66,68-71,77H,16,19,22-23,34-37,39-43H2,1-15H3,(H,84,103)(H,85,101)(H,86,97)(H,88,102)/t46-,60-,66-,68-,69-,70-,71+,77+,83-/m0/s1. The summed E-state index contributed by atoms with van der Waals surface area (Å²) in [7, 11) is 3.87. The van der Waals surface area contributed by atoms with Gasteiger partial charge in [-0.2, -0.15) is 0 Å². The molecule has 4 aliphatic heterocycles. The SMILES string of the molecule is CC[C@@]1(OC(=O)N(C)CCN(C)C(=O)OCc2ccc(O[C@@H]3O[C@H](C(=O)OC)[C@@H](OC(C)=O)[C@H](OC(C)=O)[C@H]3OC(C)=O)cc2)C(=O)OCc2c1cc1n(c2=O)Cc2c-1nc1ccccc1c2CCN(C(=O)OCc1ccc(NC(=O)[C@H](C)NC(=O)[C@@H](NC(=O)[C@H](CCCC(=O)OC(C)(C)C)NC(=O)CN2C(=O)C=CC2=O)C(C)C)cc1)C(C)C. The summed E-state index contributed by atoms with van der Waals surface area (Å²) in [6.45, 7) is 16.7. The van der Waals surface area contributed by atoms with E-state index in [0.29, 0.717) is 44.2 Å². The molecule has 37 heteroatoms. The van der Waals surface area contributed by atoms with E-state index >= 15 is 0 Å². The molecule has 5 aromatic rings.